The van der Waals surface area contributed by atoms with E-state index in [1.54, 1.807) is 11.1 Å². The number of nitrogens with two attached hydrogens (primary N) is 1. The summed E-state index contributed by atoms with van der Waals surface area (Å²) in [5.41, 5.74) is 5.94. The summed E-state index contributed by atoms with van der Waals surface area (Å²) in [4.78, 5) is 29.2. The molecule has 1 saturated heterocycles. The van der Waals surface area contributed by atoms with Gasteiger partial charge in [-0.3, -0.25) is 15.1 Å². The Morgan fingerprint density at radius 2 is 2.08 bits per heavy atom. The second kappa shape index (κ2) is 7.35. The van der Waals surface area contributed by atoms with E-state index < -0.39 is 0 Å². The second-order valence-corrected chi connectivity index (χ2v) is 6.64. The summed E-state index contributed by atoms with van der Waals surface area (Å²) in [5, 5.41) is 11.9. The highest BCUT2D eigenvalue weighted by atomic mass is 32.1. The average Bonchev–Trinajstić information content (AvgIpc) is 3.04. The molecule has 9 heteroatoms. The third kappa shape index (κ3) is 4.05. The molecule has 0 spiro atoms. The molecule has 0 saturated carbocycles. The lowest BCUT2D eigenvalue weighted by Gasteiger charge is -2.31. The number of nitrogens with zero attached hydrogens (tertiary/aromatic N) is 4. The van der Waals surface area contributed by atoms with Crippen LogP contribution in [0.1, 0.15) is 19.3 Å². The van der Waals surface area contributed by atoms with E-state index in [9.17, 15) is 9.59 Å². The SMILES string of the molecule is NC(=O)CC1CCN(C(=O)Nc2nnc(-c3ccccn3)s2)CC1. The Hall–Kier alpha value is -2.55. The van der Waals surface area contributed by atoms with E-state index in [1.165, 1.54) is 11.3 Å². The summed E-state index contributed by atoms with van der Waals surface area (Å²) in [7, 11) is 0. The maximum absolute atomic E-state index is 12.3. The number of carbonyl (C=O) groups is 2. The topological polar surface area (TPSA) is 114 Å². The Morgan fingerprint density at radius 1 is 1.29 bits per heavy atom. The van der Waals surface area contributed by atoms with Gasteiger partial charge in [-0.15, -0.1) is 10.2 Å². The van der Waals surface area contributed by atoms with Crippen LogP contribution in [0.5, 0.6) is 0 Å². The first-order valence-electron chi connectivity index (χ1n) is 7.71. The van der Waals surface area contributed by atoms with Gasteiger partial charge in [-0.05, 0) is 30.9 Å². The van der Waals surface area contributed by atoms with Gasteiger partial charge in [-0.2, -0.15) is 0 Å². The number of aromatic nitrogens is 3. The van der Waals surface area contributed by atoms with Crippen molar-refractivity contribution in [2.45, 2.75) is 19.3 Å². The lowest BCUT2D eigenvalue weighted by molar-refractivity contribution is -0.119. The first kappa shape index (κ1) is 16.3. The number of likely N-dealkylation sites (tertiary alicyclic amines) is 1. The molecule has 3 N–H and O–H groups in total. The lowest BCUT2D eigenvalue weighted by Crippen LogP contribution is -2.41. The smallest absolute Gasteiger partial charge is 0.323 e. The first-order chi connectivity index (χ1) is 11.6. The Kier molecular flexibility index (Phi) is 4.99. The Balaban J connectivity index is 1.54. The standard InChI is InChI=1S/C15H18N6O2S/c16-12(22)9-10-4-7-21(8-5-10)15(23)18-14-20-19-13(24-14)11-3-1-2-6-17-11/h1-3,6,10H,4-5,7-9H2,(H2,16,22)(H,18,20,23). The maximum atomic E-state index is 12.3. The quantitative estimate of drug-likeness (QED) is 0.875. The fourth-order valence-corrected chi connectivity index (χ4v) is 3.37. The third-order valence-electron chi connectivity index (χ3n) is 3.91. The molecule has 1 fully saturated rings. The van der Waals surface area contributed by atoms with Crippen LogP contribution in [0, 0.1) is 5.92 Å². The third-order valence-corrected chi connectivity index (χ3v) is 4.78. The molecular weight excluding hydrogens is 328 g/mol. The molecule has 0 aliphatic carbocycles. The number of nitrogens with one attached hydrogen (secondary N) is 1. The van der Waals surface area contributed by atoms with Crippen LogP contribution in [-0.2, 0) is 4.79 Å². The zero-order valence-corrected chi connectivity index (χ0v) is 13.8. The van der Waals surface area contributed by atoms with Gasteiger partial charge in [0.05, 0.1) is 0 Å². The van der Waals surface area contributed by atoms with Gasteiger partial charge in [0.2, 0.25) is 11.0 Å². The molecule has 24 heavy (non-hydrogen) atoms. The van der Waals surface area contributed by atoms with Crippen molar-refractivity contribution >= 4 is 28.4 Å². The maximum Gasteiger partial charge on any atom is 0.323 e. The predicted octanol–water partition coefficient (Wildman–Crippen LogP) is 1.72. The van der Waals surface area contributed by atoms with Crippen LogP contribution in [0.25, 0.3) is 10.7 Å². The zero-order valence-electron chi connectivity index (χ0n) is 13.0. The average molecular weight is 346 g/mol. The molecule has 0 atom stereocenters. The van der Waals surface area contributed by atoms with Gasteiger partial charge in [-0.1, -0.05) is 17.4 Å². The first-order valence-corrected chi connectivity index (χ1v) is 8.52. The number of hydrogen-bond donors (Lipinski definition) is 2. The normalized spacial score (nSPS) is 15.2. The molecule has 1 aliphatic heterocycles. The molecule has 0 radical (unpaired) electrons. The van der Waals surface area contributed by atoms with Gasteiger partial charge in [0.25, 0.3) is 0 Å². The summed E-state index contributed by atoms with van der Waals surface area (Å²) in [6.07, 6.45) is 3.64. The van der Waals surface area contributed by atoms with Crippen molar-refractivity contribution in [1.29, 1.82) is 0 Å². The van der Waals surface area contributed by atoms with Crippen LogP contribution in [0.15, 0.2) is 24.4 Å². The molecule has 2 aromatic rings. The highest BCUT2D eigenvalue weighted by Gasteiger charge is 2.24. The van der Waals surface area contributed by atoms with Gasteiger partial charge in [0, 0.05) is 25.7 Å². The number of urea groups is 1. The van der Waals surface area contributed by atoms with Crippen molar-refractivity contribution in [3.8, 4) is 10.7 Å². The number of hydrogen-bond acceptors (Lipinski definition) is 6. The lowest BCUT2D eigenvalue weighted by atomic mass is 9.93. The van der Waals surface area contributed by atoms with Crippen LogP contribution in [0.4, 0.5) is 9.93 Å². The van der Waals surface area contributed by atoms with Crippen molar-refractivity contribution in [3.63, 3.8) is 0 Å². The monoisotopic (exact) mass is 346 g/mol. The number of carbonyl (C=O) groups excluding carboxylic acids is 2. The number of anilines is 1. The van der Waals surface area contributed by atoms with Crippen LogP contribution in [0.3, 0.4) is 0 Å². The Morgan fingerprint density at radius 3 is 2.75 bits per heavy atom. The van der Waals surface area contributed by atoms with Crippen LogP contribution in [0.2, 0.25) is 0 Å². The van der Waals surface area contributed by atoms with E-state index >= 15 is 0 Å². The summed E-state index contributed by atoms with van der Waals surface area (Å²) in [6, 6.07) is 5.35. The van der Waals surface area contributed by atoms with Crippen molar-refractivity contribution < 1.29 is 9.59 Å². The molecular formula is C15H18N6O2S. The van der Waals surface area contributed by atoms with E-state index in [0.717, 1.165) is 18.5 Å². The minimum atomic E-state index is -0.284. The van der Waals surface area contributed by atoms with Gasteiger partial charge < -0.3 is 10.6 Å². The minimum absolute atomic E-state index is 0.198. The van der Waals surface area contributed by atoms with Crippen molar-refractivity contribution in [2.24, 2.45) is 11.7 Å². The highest BCUT2D eigenvalue weighted by molar-refractivity contribution is 7.18. The molecule has 3 amide bonds. The second-order valence-electron chi connectivity index (χ2n) is 5.66. The molecule has 3 heterocycles. The minimum Gasteiger partial charge on any atom is -0.370 e. The van der Waals surface area contributed by atoms with Crippen LogP contribution in [-0.4, -0.2) is 45.1 Å². The largest absolute Gasteiger partial charge is 0.370 e. The number of pyridine rings is 1. The van der Waals surface area contributed by atoms with Gasteiger partial charge in [-0.25, -0.2) is 4.79 Å². The van der Waals surface area contributed by atoms with E-state index in [0.29, 0.717) is 29.6 Å². The summed E-state index contributed by atoms with van der Waals surface area (Å²) < 4.78 is 0. The molecule has 126 valence electrons. The molecule has 1 aliphatic rings. The van der Waals surface area contributed by atoms with E-state index in [2.05, 4.69) is 20.5 Å². The summed E-state index contributed by atoms with van der Waals surface area (Å²) in [5.74, 6) is -0.0161. The van der Waals surface area contributed by atoms with Gasteiger partial charge >= 0.3 is 6.03 Å². The molecule has 0 unspecified atom stereocenters. The van der Waals surface area contributed by atoms with Crippen molar-refractivity contribution in [2.75, 3.05) is 18.4 Å². The number of primary amides is 1. The summed E-state index contributed by atoms with van der Waals surface area (Å²) in [6.45, 7) is 1.21. The van der Waals surface area contributed by atoms with E-state index in [4.69, 9.17) is 5.73 Å². The molecule has 0 aromatic carbocycles. The fourth-order valence-electron chi connectivity index (χ4n) is 2.66. The van der Waals surface area contributed by atoms with Crippen LogP contribution >= 0.6 is 11.3 Å². The Bertz CT molecular complexity index is 712. The van der Waals surface area contributed by atoms with Crippen molar-refractivity contribution in [3.05, 3.63) is 24.4 Å². The van der Waals surface area contributed by atoms with Gasteiger partial charge in [0.1, 0.15) is 5.69 Å². The van der Waals surface area contributed by atoms with Crippen LogP contribution < -0.4 is 11.1 Å². The summed E-state index contributed by atoms with van der Waals surface area (Å²) >= 11 is 1.28. The fraction of sp³-hybridized carbons (Fsp3) is 0.400. The highest BCUT2D eigenvalue weighted by Crippen LogP contribution is 2.25. The molecule has 3 rings (SSSR count). The molecule has 8 nitrogen and oxygen atoms in total. The Labute approximate surface area is 143 Å². The van der Waals surface area contributed by atoms with E-state index in [1.807, 2.05) is 18.2 Å². The zero-order chi connectivity index (χ0) is 16.9. The predicted molar refractivity (Wildman–Crippen MR) is 90.3 cm³/mol. The number of piperidine rings is 1. The van der Waals surface area contributed by atoms with Crippen molar-refractivity contribution in [1.82, 2.24) is 20.1 Å². The van der Waals surface area contributed by atoms with E-state index in [-0.39, 0.29) is 17.9 Å². The molecule has 0 bridgehead atoms. The van der Waals surface area contributed by atoms with Gasteiger partial charge in [0.15, 0.2) is 5.01 Å². The number of amides is 3. The number of rotatable bonds is 4. The molecule has 2 aromatic heterocycles.